The van der Waals surface area contributed by atoms with Crippen molar-refractivity contribution in [1.29, 1.82) is 5.26 Å². The first-order chi connectivity index (χ1) is 12.2. The van der Waals surface area contributed by atoms with Crippen molar-refractivity contribution in [3.05, 3.63) is 87.8 Å². The summed E-state index contributed by atoms with van der Waals surface area (Å²) in [6.07, 6.45) is 2.51. The van der Waals surface area contributed by atoms with Crippen LogP contribution >= 0.6 is 0 Å². The number of amides is 1. The molecule has 25 heavy (non-hydrogen) atoms. The number of para-hydroxylation sites is 1. The van der Waals surface area contributed by atoms with Gasteiger partial charge in [0.1, 0.15) is 23.5 Å². The average Bonchev–Trinajstić information content (AvgIpc) is 2.67. The number of rotatable bonds is 4. The molecule has 1 heterocycles. The van der Waals surface area contributed by atoms with E-state index in [2.05, 4.69) is 5.32 Å². The van der Waals surface area contributed by atoms with E-state index < -0.39 is 5.91 Å². The summed E-state index contributed by atoms with van der Waals surface area (Å²) in [5.74, 6) is -0.543. The fourth-order valence-corrected chi connectivity index (χ4v) is 2.37. The van der Waals surface area contributed by atoms with E-state index in [1.165, 1.54) is 12.3 Å². The van der Waals surface area contributed by atoms with Crippen LogP contribution in [0.15, 0.2) is 75.6 Å². The number of nitrogens with zero attached hydrogens (tertiary/aromatic N) is 1. The summed E-state index contributed by atoms with van der Waals surface area (Å²) in [5, 5.41) is 12.3. The maximum Gasteiger partial charge on any atom is 0.262 e. The largest absolute Gasteiger partial charge is 0.463 e. The normalized spacial score (nSPS) is 11.1. The predicted molar refractivity (Wildman–Crippen MR) is 94.4 cm³/mol. The van der Waals surface area contributed by atoms with Gasteiger partial charge in [-0.3, -0.25) is 9.59 Å². The lowest BCUT2D eigenvalue weighted by Crippen LogP contribution is -2.24. The fraction of sp³-hybridized carbons (Fsp3) is 0.0500. The highest BCUT2D eigenvalue weighted by Gasteiger charge is 2.11. The van der Waals surface area contributed by atoms with Crippen molar-refractivity contribution in [2.24, 2.45) is 0 Å². The van der Waals surface area contributed by atoms with Crippen LogP contribution in [0.1, 0.15) is 11.1 Å². The molecule has 1 amide bonds. The molecular formula is C20H14N2O3. The molecule has 0 saturated heterocycles. The first-order valence-corrected chi connectivity index (χ1v) is 7.63. The van der Waals surface area contributed by atoms with Crippen molar-refractivity contribution >= 4 is 23.0 Å². The Morgan fingerprint density at radius 2 is 1.84 bits per heavy atom. The molecule has 0 fully saturated rings. The molecular weight excluding hydrogens is 316 g/mol. The summed E-state index contributed by atoms with van der Waals surface area (Å²) in [4.78, 5) is 24.6. The van der Waals surface area contributed by atoms with Gasteiger partial charge in [-0.2, -0.15) is 5.26 Å². The molecule has 0 bridgehead atoms. The summed E-state index contributed by atoms with van der Waals surface area (Å²) < 4.78 is 5.39. The Morgan fingerprint density at radius 3 is 2.60 bits per heavy atom. The zero-order valence-corrected chi connectivity index (χ0v) is 13.2. The van der Waals surface area contributed by atoms with Gasteiger partial charge in [0.25, 0.3) is 5.91 Å². The van der Waals surface area contributed by atoms with Crippen LogP contribution in [0.3, 0.4) is 0 Å². The van der Waals surface area contributed by atoms with E-state index >= 15 is 0 Å². The summed E-state index contributed by atoms with van der Waals surface area (Å²) in [6, 6.07) is 18.0. The van der Waals surface area contributed by atoms with Crippen LogP contribution in [0.4, 0.5) is 0 Å². The Hall–Kier alpha value is -3.65. The van der Waals surface area contributed by atoms with Gasteiger partial charge in [-0.25, -0.2) is 0 Å². The monoisotopic (exact) mass is 330 g/mol. The van der Waals surface area contributed by atoms with E-state index in [1.54, 1.807) is 24.3 Å². The molecule has 3 aromatic rings. The summed E-state index contributed by atoms with van der Waals surface area (Å²) in [5.41, 5.74) is 1.09. The van der Waals surface area contributed by atoms with E-state index in [-0.39, 0.29) is 16.6 Å². The number of carbonyl (C=O) groups is 1. The predicted octanol–water partition coefficient (Wildman–Crippen LogP) is 3.02. The van der Waals surface area contributed by atoms with Gasteiger partial charge < -0.3 is 9.73 Å². The van der Waals surface area contributed by atoms with Gasteiger partial charge in [0.05, 0.1) is 10.9 Å². The molecule has 1 N–H and O–H groups in total. The number of benzene rings is 2. The Bertz CT molecular complexity index is 1040. The van der Waals surface area contributed by atoms with Crippen LogP contribution in [0.5, 0.6) is 0 Å². The molecule has 5 nitrogen and oxygen atoms in total. The van der Waals surface area contributed by atoms with Gasteiger partial charge in [-0.1, -0.05) is 42.5 Å². The molecule has 0 unspecified atom stereocenters. The van der Waals surface area contributed by atoms with Crippen LogP contribution in [0, 0.1) is 11.3 Å². The highest BCUT2D eigenvalue weighted by atomic mass is 16.3. The van der Waals surface area contributed by atoms with Gasteiger partial charge in [0.15, 0.2) is 5.43 Å². The van der Waals surface area contributed by atoms with Crippen molar-refractivity contribution in [3.8, 4) is 6.07 Å². The maximum atomic E-state index is 12.4. The molecule has 0 saturated carbocycles. The zero-order valence-electron chi connectivity index (χ0n) is 13.2. The Balaban J connectivity index is 1.85. The summed E-state index contributed by atoms with van der Waals surface area (Å²) in [6.45, 7) is 0.297. The van der Waals surface area contributed by atoms with E-state index in [0.29, 0.717) is 17.5 Å². The van der Waals surface area contributed by atoms with Crippen molar-refractivity contribution in [2.45, 2.75) is 6.54 Å². The Kier molecular flexibility index (Phi) is 4.72. The molecule has 0 radical (unpaired) electrons. The van der Waals surface area contributed by atoms with Crippen LogP contribution in [0.25, 0.3) is 17.0 Å². The van der Waals surface area contributed by atoms with Crippen molar-refractivity contribution in [1.82, 2.24) is 5.32 Å². The van der Waals surface area contributed by atoms with E-state index in [4.69, 9.17) is 4.42 Å². The summed E-state index contributed by atoms with van der Waals surface area (Å²) >= 11 is 0. The highest BCUT2D eigenvalue weighted by Crippen LogP contribution is 2.12. The Morgan fingerprint density at radius 1 is 1.12 bits per heavy atom. The highest BCUT2D eigenvalue weighted by molar-refractivity contribution is 6.01. The van der Waals surface area contributed by atoms with E-state index in [9.17, 15) is 14.9 Å². The quantitative estimate of drug-likeness (QED) is 0.589. The second kappa shape index (κ2) is 7.28. The average molecular weight is 330 g/mol. The fourth-order valence-electron chi connectivity index (χ4n) is 2.37. The number of nitriles is 1. The number of hydrogen-bond donors (Lipinski definition) is 1. The first-order valence-electron chi connectivity index (χ1n) is 7.63. The van der Waals surface area contributed by atoms with E-state index in [1.807, 2.05) is 36.4 Å². The lowest BCUT2D eigenvalue weighted by atomic mass is 10.1. The number of carbonyl (C=O) groups excluding carboxylic acids is 1. The van der Waals surface area contributed by atoms with Gasteiger partial charge in [0.2, 0.25) is 0 Å². The minimum Gasteiger partial charge on any atom is -0.463 e. The van der Waals surface area contributed by atoms with Crippen molar-refractivity contribution in [3.63, 3.8) is 0 Å². The molecule has 0 aliphatic carbocycles. The van der Waals surface area contributed by atoms with Gasteiger partial charge in [-0.15, -0.1) is 0 Å². The first kappa shape index (κ1) is 16.2. The third-order valence-electron chi connectivity index (χ3n) is 3.67. The third-order valence-corrected chi connectivity index (χ3v) is 3.67. The molecule has 1 aromatic heterocycles. The number of nitrogens with one attached hydrogen (secondary N) is 1. The SMILES string of the molecule is N#C/C(=C\c1coc2ccccc2c1=O)C(=O)NCc1ccccc1. The zero-order chi connectivity index (χ0) is 17.6. The molecule has 122 valence electrons. The smallest absolute Gasteiger partial charge is 0.262 e. The lowest BCUT2D eigenvalue weighted by molar-refractivity contribution is -0.117. The second-order valence-electron chi connectivity index (χ2n) is 5.35. The molecule has 0 spiro atoms. The molecule has 3 rings (SSSR count). The molecule has 0 aliphatic rings. The van der Waals surface area contributed by atoms with Crippen molar-refractivity contribution < 1.29 is 9.21 Å². The van der Waals surface area contributed by atoms with E-state index in [0.717, 1.165) is 5.56 Å². The number of fused-ring (bicyclic) bond motifs is 1. The molecule has 5 heteroatoms. The molecule has 2 aromatic carbocycles. The summed E-state index contributed by atoms with van der Waals surface area (Å²) in [7, 11) is 0. The van der Waals surface area contributed by atoms with Gasteiger partial charge in [-0.05, 0) is 23.8 Å². The molecule has 0 atom stereocenters. The van der Waals surface area contributed by atoms with Crippen molar-refractivity contribution in [2.75, 3.05) is 0 Å². The van der Waals surface area contributed by atoms with Gasteiger partial charge in [0, 0.05) is 6.54 Å². The minimum absolute atomic E-state index is 0.154. The van der Waals surface area contributed by atoms with Crippen LogP contribution in [-0.2, 0) is 11.3 Å². The Labute approximate surface area is 143 Å². The maximum absolute atomic E-state index is 12.4. The number of hydrogen-bond acceptors (Lipinski definition) is 4. The molecule has 0 aliphatic heterocycles. The van der Waals surface area contributed by atoms with Crippen LogP contribution in [-0.4, -0.2) is 5.91 Å². The lowest BCUT2D eigenvalue weighted by Gasteiger charge is -2.04. The minimum atomic E-state index is -0.543. The van der Waals surface area contributed by atoms with Crippen LogP contribution in [0.2, 0.25) is 0 Å². The van der Waals surface area contributed by atoms with Gasteiger partial charge >= 0.3 is 0 Å². The third kappa shape index (κ3) is 3.65. The topological polar surface area (TPSA) is 83.1 Å². The second-order valence-corrected chi connectivity index (χ2v) is 5.35. The standard InChI is InChI=1S/C20H14N2O3/c21-11-15(20(24)22-12-14-6-2-1-3-7-14)10-16-13-25-18-9-5-4-8-17(18)19(16)23/h1-10,13H,12H2,(H,22,24)/b15-10+. The van der Waals surface area contributed by atoms with Crippen LogP contribution < -0.4 is 10.7 Å².